The first-order valence-corrected chi connectivity index (χ1v) is 8.74. The van der Waals surface area contributed by atoms with Gasteiger partial charge in [0, 0.05) is 23.5 Å². The highest BCUT2D eigenvalue weighted by Crippen LogP contribution is 2.20. The number of H-pyrrole nitrogens is 1. The van der Waals surface area contributed by atoms with Gasteiger partial charge in [0.15, 0.2) is 5.78 Å². The van der Waals surface area contributed by atoms with Crippen molar-refractivity contribution in [3.05, 3.63) is 71.7 Å². The molecule has 0 spiro atoms. The van der Waals surface area contributed by atoms with Crippen molar-refractivity contribution in [1.82, 2.24) is 4.98 Å². The Balaban J connectivity index is 1.66. The van der Waals surface area contributed by atoms with Crippen molar-refractivity contribution in [2.24, 2.45) is 11.7 Å². The lowest BCUT2D eigenvalue weighted by molar-refractivity contribution is -0.143. The molecule has 0 saturated heterocycles. The molecule has 140 valence electrons. The second-order valence-corrected chi connectivity index (χ2v) is 6.71. The number of aromatic amines is 1. The number of nitrogens with one attached hydrogen (secondary N) is 1. The molecule has 3 rings (SSSR count). The smallest absolute Gasteiger partial charge is 0.307 e. The quantitative estimate of drug-likeness (QED) is 0.569. The highest BCUT2D eigenvalue weighted by atomic mass is 19.1. The van der Waals surface area contributed by atoms with Gasteiger partial charge in [-0.15, -0.1) is 0 Å². The van der Waals surface area contributed by atoms with E-state index in [2.05, 4.69) is 4.98 Å². The minimum absolute atomic E-state index is 0.154. The van der Waals surface area contributed by atoms with Crippen LogP contribution in [0.2, 0.25) is 0 Å². The molecule has 0 saturated carbocycles. The number of hydrogen-bond acceptors (Lipinski definition) is 3. The van der Waals surface area contributed by atoms with E-state index < -0.39 is 17.9 Å². The van der Waals surface area contributed by atoms with Crippen LogP contribution < -0.4 is 5.73 Å². The van der Waals surface area contributed by atoms with Crippen molar-refractivity contribution < 1.29 is 19.1 Å². The summed E-state index contributed by atoms with van der Waals surface area (Å²) in [5, 5.41) is 10.4. The molecule has 0 aliphatic rings. The third kappa shape index (κ3) is 4.60. The van der Waals surface area contributed by atoms with Crippen LogP contribution in [0.15, 0.2) is 54.7 Å². The number of halogens is 1. The lowest BCUT2D eigenvalue weighted by atomic mass is 9.90. The van der Waals surface area contributed by atoms with Crippen LogP contribution in [0.1, 0.15) is 17.5 Å². The molecule has 0 aliphatic carbocycles. The van der Waals surface area contributed by atoms with Gasteiger partial charge in [0.25, 0.3) is 0 Å². The Bertz CT molecular complexity index is 949. The van der Waals surface area contributed by atoms with E-state index in [0.717, 1.165) is 16.5 Å². The van der Waals surface area contributed by atoms with Gasteiger partial charge in [0.2, 0.25) is 0 Å². The minimum Gasteiger partial charge on any atom is -0.481 e. The maximum absolute atomic E-state index is 13.0. The Kier molecular flexibility index (Phi) is 5.66. The molecule has 1 unspecified atom stereocenters. The average molecular weight is 368 g/mol. The van der Waals surface area contributed by atoms with Crippen LogP contribution >= 0.6 is 0 Å². The van der Waals surface area contributed by atoms with E-state index in [-0.39, 0.29) is 24.4 Å². The van der Waals surface area contributed by atoms with E-state index in [1.165, 1.54) is 24.3 Å². The summed E-state index contributed by atoms with van der Waals surface area (Å²) in [6, 6.07) is 12.6. The summed E-state index contributed by atoms with van der Waals surface area (Å²) in [5.41, 5.74) is 8.62. The largest absolute Gasteiger partial charge is 0.481 e. The summed E-state index contributed by atoms with van der Waals surface area (Å²) >= 11 is 0. The highest BCUT2D eigenvalue weighted by molar-refractivity contribution is 5.89. The number of nitrogens with two attached hydrogens (primary N) is 1. The maximum atomic E-state index is 13.0. The molecule has 1 heterocycles. The Morgan fingerprint density at radius 1 is 1.07 bits per heavy atom. The molecule has 4 N–H and O–H groups in total. The Hall–Kier alpha value is -2.99. The highest BCUT2D eigenvalue weighted by Gasteiger charge is 2.25. The number of aromatic nitrogens is 1. The monoisotopic (exact) mass is 368 g/mol. The second-order valence-electron chi connectivity index (χ2n) is 6.71. The Morgan fingerprint density at radius 2 is 1.78 bits per heavy atom. The summed E-state index contributed by atoms with van der Waals surface area (Å²) in [4.78, 5) is 27.2. The molecule has 3 aromatic rings. The van der Waals surface area contributed by atoms with Gasteiger partial charge in [0.05, 0.1) is 12.0 Å². The molecule has 0 radical (unpaired) electrons. The van der Waals surface area contributed by atoms with Crippen molar-refractivity contribution >= 4 is 22.7 Å². The van der Waals surface area contributed by atoms with Gasteiger partial charge in [-0.25, -0.2) is 4.39 Å². The minimum atomic E-state index is -1.06. The molecule has 0 bridgehead atoms. The summed E-state index contributed by atoms with van der Waals surface area (Å²) in [6.07, 6.45) is 2.16. The van der Waals surface area contributed by atoms with E-state index in [1.807, 2.05) is 30.5 Å². The van der Waals surface area contributed by atoms with Crippen molar-refractivity contribution in [3.8, 4) is 0 Å². The molecule has 0 aliphatic heterocycles. The van der Waals surface area contributed by atoms with E-state index >= 15 is 0 Å². The molecular formula is C21H21FN2O3. The number of Topliss-reactive ketones (excluding diaryl/α,β-unsaturated/α-hetero) is 1. The summed E-state index contributed by atoms with van der Waals surface area (Å²) in [7, 11) is 0. The first-order chi connectivity index (χ1) is 12.9. The van der Waals surface area contributed by atoms with Gasteiger partial charge in [-0.1, -0.05) is 30.3 Å². The topological polar surface area (TPSA) is 96.2 Å². The number of hydrogen-bond donors (Lipinski definition) is 3. The predicted molar refractivity (Wildman–Crippen MR) is 101 cm³/mol. The third-order valence-corrected chi connectivity index (χ3v) is 4.72. The molecule has 1 aromatic heterocycles. The normalized spacial score (nSPS) is 13.4. The van der Waals surface area contributed by atoms with Crippen molar-refractivity contribution in [1.29, 1.82) is 0 Å². The van der Waals surface area contributed by atoms with Crippen LogP contribution in [-0.4, -0.2) is 27.9 Å². The second kappa shape index (κ2) is 8.14. The molecule has 2 aromatic carbocycles. The van der Waals surface area contributed by atoms with E-state index in [1.54, 1.807) is 0 Å². The van der Waals surface area contributed by atoms with Crippen LogP contribution in [0, 0.1) is 11.7 Å². The van der Waals surface area contributed by atoms with E-state index in [0.29, 0.717) is 12.0 Å². The first-order valence-electron chi connectivity index (χ1n) is 8.74. The lowest BCUT2D eigenvalue weighted by Crippen LogP contribution is -2.35. The number of rotatable bonds is 8. The molecule has 0 amide bonds. The molecule has 27 heavy (non-hydrogen) atoms. The van der Waals surface area contributed by atoms with Crippen LogP contribution in [0.25, 0.3) is 10.9 Å². The number of carboxylic acid groups (broad SMARTS) is 1. The zero-order chi connectivity index (χ0) is 19.4. The fourth-order valence-corrected chi connectivity index (χ4v) is 3.20. The number of benzene rings is 2. The molecule has 6 heteroatoms. The third-order valence-electron chi connectivity index (χ3n) is 4.72. The molecule has 5 nitrogen and oxygen atoms in total. The first kappa shape index (κ1) is 18.8. The summed E-state index contributed by atoms with van der Waals surface area (Å²) in [6.45, 7) is 0. The molecule has 0 fully saturated rings. The van der Waals surface area contributed by atoms with Gasteiger partial charge in [-0.3, -0.25) is 9.59 Å². The maximum Gasteiger partial charge on any atom is 0.307 e. The molecular weight excluding hydrogens is 347 g/mol. The number of para-hydroxylation sites is 1. The number of aliphatic carboxylic acids is 1. The van der Waals surface area contributed by atoms with Gasteiger partial charge < -0.3 is 15.8 Å². The number of carbonyl (C=O) groups is 2. The SMILES string of the molecule is N[C@@H](Cc1c[nH]c2ccccc12)C(=O)CC(Cc1ccc(F)cc1)C(=O)O. The standard InChI is InChI=1S/C21H21FN2O3/c22-16-7-5-13(6-8-16)9-14(21(26)27)11-20(25)18(23)10-15-12-24-19-4-2-1-3-17(15)19/h1-8,12,14,18,24H,9-11,23H2,(H,26,27)/t14?,18-/m0/s1. The number of carboxylic acids is 1. The summed E-state index contributed by atoms with van der Waals surface area (Å²) < 4.78 is 13.0. The number of carbonyl (C=O) groups excluding carboxylic acids is 1. The fraction of sp³-hybridized carbons (Fsp3) is 0.238. The van der Waals surface area contributed by atoms with Crippen LogP contribution in [-0.2, 0) is 22.4 Å². The number of fused-ring (bicyclic) bond motifs is 1. The van der Waals surface area contributed by atoms with Crippen molar-refractivity contribution in [2.45, 2.75) is 25.3 Å². The average Bonchev–Trinajstić information content (AvgIpc) is 3.05. The number of ketones is 1. The summed E-state index contributed by atoms with van der Waals surface area (Å²) in [5.74, 6) is -2.64. The van der Waals surface area contributed by atoms with Crippen molar-refractivity contribution in [2.75, 3.05) is 0 Å². The van der Waals surface area contributed by atoms with Crippen LogP contribution in [0.3, 0.4) is 0 Å². The van der Waals surface area contributed by atoms with Crippen molar-refractivity contribution in [3.63, 3.8) is 0 Å². The van der Waals surface area contributed by atoms with Gasteiger partial charge >= 0.3 is 5.97 Å². The zero-order valence-electron chi connectivity index (χ0n) is 14.7. The predicted octanol–water partition coefficient (Wildman–Crippen LogP) is 3.08. The van der Waals surface area contributed by atoms with Gasteiger partial charge in [-0.05, 0) is 42.2 Å². The molecule has 2 atom stereocenters. The zero-order valence-corrected chi connectivity index (χ0v) is 14.7. The van der Waals surface area contributed by atoms with E-state index in [4.69, 9.17) is 5.73 Å². The lowest BCUT2D eigenvalue weighted by Gasteiger charge is -2.15. The fourth-order valence-electron chi connectivity index (χ4n) is 3.20. The van der Waals surface area contributed by atoms with Gasteiger partial charge in [0.1, 0.15) is 5.82 Å². The Morgan fingerprint density at radius 3 is 2.48 bits per heavy atom. The van der Waals surface area contributed by atoms with Crippen LogP contribution in [0.5, 0.6) is 0 Å². The Labute approximate surface area is 156 Å². The van der Waals surface area contributed by atoms with E-state index in [9.17, 15) is 19.1 Å². The van der Waals surface area contributed by atoms with Crippen LogP contribution in [0.4, 0.5) is 4.39 Å². The van der Waals surface area contributed by atoms with Gasteiger partial charge in [-0.2, -0.15) is 0 Å².